The Balaban J connectivity index is 0.00000243. The molecule has 0 bridgehead atoms. The molecule has 1 aliphatic rings. The van der Waals surface area contributed by atoms with Crippen LogP contribution in [0.25, 0.3) is 0 Å². The number of benzene rings is 1. The Morgan fingerprint density at radius 3 is 2.81 bits per heavy atom. The van der Waals surface area contributed by atoms with Crippen molar-refractivity contribution < 1.29 is 4.42 Å². The molecule has 2 atom stereocenters. The molecule has 1 saturated heterocycles. The van der Waals surface area contributed by atoms with E-state index in [4.69, 9.17) is 9.41 Å². The molecule has 3 rings (SSSR count). The largest absolute Gasteiger partial charge is 0.469 e. The van der Waals surface area contributed by atoms with E-state index in [0.717, 1.165) is 23.9 Å². The van der Waals surface area contributed by atoms with Crippen molar-refractivity contribution in [2.24, 2.45) is 4.99 Å². The van der Waals surface area contributed by atoms with Crippen LogP contribution in [0.5, 0.6) is 0 Å². The van der Waals surface area contributed by atoms with E-state index in [0.29, 0.717) is 12.6 Å². The Morgan fingerprint density at radius 2 is 2.12 bits per heavy atom. The summed E-state index contributed by atoms with van der Waals surface area (Å²) in [7, 11) is 0. The van der Waals surface area contributed by atoms with E-state index in [-0.39, 0.29) is 30.0 Å². The first-order chi connectivity index (χ1) is 12.3. The monoisotopic (exact) mass is 485 g/mol. The van der Waals surface area contributed by atoms with Gasteiger partial charge in [0.05, 0.1) is 12.3 Å². The molecule has 1 fully saturated rings. The van der Waals surface area contributed by atoms with E-state index in [1.54, 1.807) is 6.26 Å². The van der Waals surface area contributed by atoms with Crippen molar-refractivity contribution in [3.05, 3.63) is 60.1 Å². The maximum atomic E-state index is 5.40. The van der Waals surface area contributed by atoms with Crippen molar-refractivity contribution in [1.82, 2.24) is 10.6 Å². The maximum absolute atomic E-state index is 5.40. The number of hydrogen-bond acceptors (Lipinski definition) is 3. The van der Waals surface area contributed by atoms with Gasteiger partial charge in [-0.3, -0.25) is 4.99 Å². The number of rotatable bonds is 6. The fraction of sp³-hybridized carbons (Fsp3) is 0.450. The van der Waals surface area contributed by atoms with Crippen LogP contribution in [0.2, 0.25) is 0 Å². The van der Waals surface area contributed by atoms with Gasteiger partial charge in [0.2, 0.25) is 0 Å². The lowest BCUT2D eigenvalue weighted by molar-refractivity contribution is 0.510. The maximum Gasteiger partial charge on any atom is 0.191 e. The second kappa shape index (κ2) is 11.5. The first-order valence-corrected chi connectivity index (χ1v) is 10.2. The summed E-state index contributed by atoms with van der Waals surface area (Å²) >= 11 is 2.02. The molecule has 6 heteroatoms. The molecule has 0 radical (unpaired) electrons. The van der Waals surface area contributed by atoms with Crippen LogP contribution in [0.15, 0.2) is 58.1 Å². The molecular weight excluding hydrogens is 457 g/mol. The lowest BCUT2D eigenvalue weighted by atomic mass is 10.1. The van der Waals surface area contributed by atoms with Crippen LogP contribution in [-0.4, -0.2) is 30.1 Å². The molecule has 1 aromatic carbocycles. The van der Waals surface area contributed by atoms with Gasteiger partial charge in [0, 0.05) is 24.8 Å². The highest BCUT2D eigenvalue weighted by atomic mass is 127. The van der Waals surface area contributed by atoms with Gasteiger partial charge < -0.3 is 15.1 Å². The molecule has 0 spiro atoms. The Hall–Kier alpha value is -1.15. The quantitative estimate of drug-likeness (QED) is 0.356. The number of aliphatic imine (C=N–C) groups is 1. The zero-order valence-corrected chi connectivity index (χ0v) is 18.3. The minimum absolute atomic E-state index is 0. The van der Waals surface area contributed by atoms with Gasteiger partial charge in [-0.25, -0.2) is 0 Å². The van der Waals surface area contributed by atoms with Crippen LogP contribution >= 0.6 is 35.7 Å². The molecule has 2 N–H and O–H groups in total. The van der Waals surface area contributed by atoms with Gasteiger partial charge in [0.1, 0.15) is 5.76 Å². The average Bonchev–Trinajstić information content (AvgIpc) is 3.16. The SMILES string of the molecule is CC(NC(=NCCc1ccco1)NC1CCCSC1)c1ccccc1.I. The van der Waals surface area contributed by atoms with Crippen LogP contribution in [0.3, 0.4) is 0 Å². The molecule has 26 heavy (non-hydrogen) atoms. The van der Waals surface area contributed by atoms with Crippen molar-refractivity contribution in [2.75, 3.05) is 18.1 Å². The zero-order chi connectivity index (χ0) is 17.3. The van der Waals surface area contributed by atoms with Crippen LogP contribution < -0.4 is 10.6 Å². The topological polar surface area (TPSA) is 49.6 Å². The normalized spacial score (nSPS) is 18.7. The summed E-state index contributed by atoms with van der Waals surface area (Å²) in [4.78, 5) is 4.78. The molecule has 1 aromatic heterocycles. The number of nitrogens with one attached hydrogen (secondary N) is 2. The molecule has 1 aliphatic heterocycles. The van der Waals surface area contributed by atoms with Crippen LogP contribution in [0.4, 0.5) is 0 Å². The average molecular weight is 485 g/mol. The van der Waals surface area contributed by atoms with Gasteiger partial charge in [-0.15, -0.1) is 24.0 Å². The van der Waals surface area contributed by atoms with Crippen LogP contribution in [0, 0.1) is 0 Å². The Labute approximate surface area is 177 Å². The number of thioether (sulfide) groups is 1. The Morgan fingerprint density at radius 1 is 1.27 bits per heavy atom. The van der Waals surface area contributed by atoms with E-state index in [1.165, 1.54) is 24.2 Å². The van der Waals surface area contributed by atoms with Gasteiger partial charge in [-0.2, -0.15) is 11.8 Å². The molecule has 0 aliphatic carbocycles. The molecule has 2 unspecified atom stereocenters. The summed E-state index contributed by atoms with van der Waals surface area (Å²) in [5, 5.41) is 7.18. The molecule has 2 heterocycles. The number of hydrogen-bond donors (Lipinski definition) is 2. The molecule has 0 amide bonds. The van der Waals surface area contributed by atoms with Crippen molar-refractivity contribution in [2.45, 2.75) is 38.3 Å². The third kappa shape index (κ3) is 6.87. The third-order valence-electron chi connectivity index (χ3n) is 4.36. The van der Waals surface area contributed by atoms with Crippen molar-refractivity contribution in [1.29, 1.82) is 0 Å². The van der Waals surface area contributed by atoms with E-state index < -0.39 is 0 Å². The second-order valence-electron chi connectivity index (χ2n) is 6.39. The van der Waals surface area contributed by atoms with Gasteiger partial charge in [-0.05, 0) is 43.2 Å². The van der Waals surface area contributed by atoms with Crippen LogP contribution in [-0.2, 0) is 6.42 Å². The van der Waals surface area contributed by atoms with Crippen molar-refractivity contribution in [3.63, 3.8) is 0 Å². The highest BCUT2D eigenvalue weighted by molar-refractivity contribution is 14.0. The number of nitrogens with zero attached hydrogens (tertiary/aromatic N) is 1. The predicted octanol–water partition coefficient (Wildman–Crippen LogP) is 4.63. The second-order valence-corrected chi connectivity index (χ2v) is 7.54. The molecule has 4 nitrogen and oxygen atoms in total. The highest BCUT2D eigenvalue weighted by Crippen LogP contribution is 2.17. The number of furan rings is 1. The smallest absolute Gasteiger partial charge is 0.191 e. The number of guanidine groups is 1. The zero-order valence-electron chi connectivity index (χ0n) is 15.2. The highest BCUT2D eigenvalue weighted by Gasteiger charge is 2.16. The van der Waals surface area contributed by atoms with E-state index in [2.05, 4.69) is 41.8 Å². The molecule has 0 saturated carbocycles. The Kier molecular flexibility index (Phi) is 9.39. The fourth-order valence-electron chi connectivity index (χ4n) is 2.94. The lowest BCUT2D eigenvalue weighted by Gasteiger charge is -2.26. The summed E-state index contributed by atoms with van der Waals surface area (Å²) in [5.41, 5.74) is 1.26. The molecular formula is C20H28IN3OS. The number of halogens is 1. The van der Waals surface area contributed by atoms with E-state index in [1.807, 2.05) is 30.0 Å². The molecule has 142 valence electrons. The van der Waals surface area contributed by atoms with Gasteiger partial charge in [-0.1, -0.05) is 30.3 Å². The van der Waals surface area contributed by atoms with Crippen LogP contribution in [0.1, 0.15) is 37.1 Å². The van der Waals surface area contributed by atoms with E-state index in [9.17, 15) is 0 Å². The summed E-state index contributed by atoms with van der Waals surface area (Å²) in [6.07, 6.45) is 5.02. The summed E-state index contributed by atoms with van der Waals surface area (Å²) in [6, 6.07) is 15.1. The summed E-state index contributed by atoms with van der Waals surface area (Å²) < 4.78 is 5.40. The standard InChI is InChI=1S/C20H27N3OS.HI/c1-16(17-7-3-2-4-8-17)22-20(23-18-9-6-14-25-15-18)21-12-11-19-10-5-13-24-19;/h2-5,7-8,10,13,16,18H,6,9,11-12,14-15H2,1H3,(H2,21,22,23);1H. The third-order valence-corrected chi connectivity index (χ3v) is 5.58. The summed E-state index contributed by atoms with van der Waals surface area (Å²) in [5.74, 6) is 4.30. The fourth-order valence-corrected chi connectivity index (χ4v) is 4.02. The summed E-state index contributed by atoms with van der Waals surface area (Å²) in [6.45, 7) is 2.89. The predicted molar refractivity (Wildman–Crippen MR) is 122 cm³/mol. The molecule has 2 aromatic rings. The first kappa shape index (κ1) is 21.2. The van der Waals surface area contributed by atoms with Gasteiger partial charge in [0.15, 0.2) is 5.96 Å². The minimum Gasteiger partial charge on any atom is -0.469 e. The van der Waals surface area contributed by atoms with Crippen molar-refractivity contribution >= 4 is 41.7 Å². The van der Waals surface area contributed by atoms with Crippen molar-refractivity contribution in [3.8, 4) is 0 Å². The lowest BCUT2D eigenvalue weighted by Crippen LogP contribution is -2.46. The van der Waals surface area contributed by atoms with Gasteiger partial charge in [0.25, 0.3) is 0 Å². The Bertz CT molecular complexity index is 642. The van der Waals surface area contributed by atoms with Gasteiger partial charge >= 0.3 is 0 Å². The van der Waals surface area contributed by atoms with E-state index >= 15 is 0 Å². The first-order valence-electron chi connectivity index (χ1n) is 9.04. The minimum atomic E-state index is 0.